The molecule has 0 aromatic rings. The van der Waals surface area contributed by atoms with Crippen molar-refractivity contribution in [1.29, 1.82) is 0 Å². The zero-order valence-corrected chi connectivity index (χ0v) is 10.7. The van der Waals surface area contributed by atoms with Crippen molar-refractivity contribution in [2.75, 3.05) is 0 Å². The monoisotopic (exact) mass is 226 g/mol. The zero-order valence-electron chi connectivity index (χ0n) is 10.7. The summed E-state index contributed by atoms with van der Waals surface area (Å²) in [5, 5.41) is 9.54. The van der Waals surface area contributed by atoms with Crippen LogP contribution >= 0.6 is 0 Å². The fourth-order valence-electron chi connectivity index (χ4n) is 2.18. The molecule has 2 atom stereocenters. The van der Waals surface area contributed by atoms with Crippen molar-refractivity contribution in [2.45, 2.75) is 77.6 Å². The summed E-state index contributed by atoms with van der Waals surface area (Å²) in [7, 11) is 0. The fraction of sp³-hybridized carbons (Fsp3) is 0.857. The summed E-state index contributed by atoms with van der Waals surface area (Å²) in [6.45, 7) is 4.25. The van der Waals surface area contributed by atoms with Crippen LogP contribution in [0.25, 0.3) is 0 Å². The van der Waals surface area contributed by atoms with Crippen LogP contribution in [0.2, 0.25) is 0 Å². The third-order valence-corrected chi connectivity index (χ3v) is 3.17. The van der Waals surface area contributed by atoms with Gasteiger partial charge in [-0.05, 0) is 31.8 Å². The van der Waals surface area contributed by atoms with E-state index >= 15 is 0 Å². The molecule has 2 heteroatoms. The molecule has 1 heterocycles. The maximum absolute atomic E-state index is 9.54. The minimum atomic E-state index is -0.630. The molecule has 0 spiro atoms. The first-order valence-corrected chi connectivity index (χ1v) is 6.76. The predicted octanol–water partition coefficient (Wildman–Crippen LogP) is 3.79. The molecule has 1 aliphatic heterocycles. The second-order valence-corrected chi connectivity index (χ2v) is 4.84. The van der Waals surface area contributed by atoms with Crippen LogP contribution in [-0.4, -0.2) is 17.5 Å². The topological polar surface area (TPSA) is 29.5 Å². The summed E-state index contributed by atoms with van der Waals surface area (Å²) in [6, 6.07) is 0. The molecule has 0 aromatic carbocycles. The number of hydrogen-bond acceptors (Lipinski definition) is 2. The molecule has 0 bridgehead atoms. The lowest BCUT2D eigenvalue weighted by Gasteiger charge is -2.03. The number of ether oxygens (including phenoxy) is 1. The van der Waals surface area contributed by atoms with Crippen molar-refractivity contribution in [3.8, 4) is 0 Å². The van der Waals surface area contributed by atoms with Gasteiger partial charge in [0, 0.05) is 0 Å². The van der Waals surface area contributed by atoms with Crippen molar-refractivity contribution < 1.29 is 9.84 Å². The zero-order chi connectivity index (χ0) is 11.8. The lowest BCUT2D eigenvalue weighted by atomic mass is 10.1. The summed E-state index contributed by atoms with van der Waals surface area (Å²) in [5.41, 5.74) is 1.08. The SMILES string of the molecule is CCCCCCCC/C=C1/CC(C)OC1O. The van der Waals surface area contributed by atoms with E-state index in [9.17, 15) is 5.11 Å². The average Bonchev–Trinajstić information content (AvgIpc) is 2.56. The van der Waals surface area contributed by atoms with Crippen molar-refractivity contribution in [1.82, 2.24) is 0 Å². The average molecular weight is 226 g/mol. The second kappa shape index (κ2) is 7.86. The first-order chi connectivity index (χ1) is 7.74. The van der Waals surface area contributed by atoms with Gasteiger partial charge in [0.25, 0.3) is 0 Å². The van der Waals surface area contributed by atoms with Gasteiger partial charge in [-0.25, -0.2) is 0 Å². The molecule has 0 aliphatic carbocycles. The summed E-state index contributed by atoms with van der Waals surface area (Å²) in [5.74, 6) is 0. The van der Waals surface area contributed by atoms with Crippen molar-refractivity contribution in [2.24, 2.45) is 0 Å². The number of allylic oxidation sites excluding steroid dienone is 1. The van der Waals surface area contributed by atoms with Crippen LogP contribution in [0.3, 0.4) is 0 Å². The van der Waals surface area contributed by atoms with E-state index in [0.717, 1.165) is 18.4 Å². The van der Waals surface area contributed by atoms with Crippen molar-refractivity contribution in [3.63, 3.8) is 0 Å². The number of hydrogen-bond donors (Lipinski definition) is 1. The van der Waals surface area contributed by atoms with Crippen LogP contribution < -0.4 is 0 Å². The van der Waals surface area contributed by atoms with Gasteiger partial charge in [-0.1, -0.05) is 45.1 Å². The molecular weight excluding hydrogens is 200 g/mol. The highest BCUT2D eigenvalue weighted by molar-refractivity contribution is 5.10. The van der Waals surface area contributed by atoms with Gasteiger partial charge >= 0.3 is 0 Å². The van der Waals surface area contributed by atoms with E-state index < -0.39 is 6.29 Å². The maximum Gasteiger partial charge on any atom is 0.177 e. The maximum atomic E-state index is 9.54. The Hall–Kier alpha value is -0.340. The highest BCUT2D eigenvalue weighted by atomic mass is 16.6. The Labute approximate surface area is 99.7 Å². The molecule has 2 nitrogen and oxygen atoms in total. The Morgan fingerprint density at radius 3 is 2.56 bits per heavy atom. The lowest BCUT2D eigenvalue weighted by molar-refractivity contribution is -0.0698. The Balaban J connectivity index is 2.03. The Morgan fingerprint density at radius 2 is 1.94 bits per heavy atom. The third-order valence-electron chi connectivity index (χ3n) is 3.17. The van der Waals surface area contributed by atoms with Crippen LogP contribution in [0.1, 0.15) is 65.2 Å². The first kappa shape index (κ1) is 13.7. The molecule has 2 unspecified atom stereocenters. The molecule has 0 radical (unpaired) electrons. The Morgan fingerprint density at radius 1 is 1.25 bits per heavy atom. The highest BCUT2D eigenvalue weighted by Gasteiger charge is 2.24. The first-order valence-electron chi connectivity index (χ1n) is 6.76. The normalized spacial score (nSPS) is 27.8. The molecule has 0 amide bonds. The van der Waals surface area contributed by atoms with Gasteiger partial charge in [-0.2, -0.15) is 0 Å². The van der Waals surface area contributed by atoms with Crippen LogP contribution in [0.4, 0.5) is 0 Å². The van der Waals surface area contributed by atoms with Crippen LogP contribution in [0.5, 0.6) is 0 Å². The van der Waals surface area contributed by atoms with E-state index in [-0.39, 0.29) is 6.10 Å². The van der Waals surface area contributed by atoms with Gasteiger partial charge in [-0.3, -0.25) is 0 Å². The van der Waals surface area contributed by atoms with E-state index in [4.69, 9.17) is 4.74 Å². The molecule has 0 aromatic heterocycles. The smallest absolute Gasteiger partial charge is 0.177 e. The molecule has 1 rings (SSSR count). The Kier molecular flexibility index (Phi) is 6.74. The number of unbranched alkanes of at least 4 members (excludes halogenated alkanes) is 6. The third kappa shape index (κ3) is 5.13. The van der Waals surface area contributed by atoms with E-state index in [1.807, 2.05) is 6.92 Å². The molecule has 1 saturated heterocycles. The van der Waals surface area contributed by atoms with E-state index in [2.05, 4.69) is 13.0 Å². The Bertz CT molecular complexity index is 211. The molecule has 0 saturated carbocycles. The van der Waals surface area contributed by atoms with Gasteiger partial charge in [0.2, 0.25) is 0 Å². The summed E-state index contributed by atoms with van der Waals surface area (Å²) >= 11 is 0. The van der Waals surface area contributed by atoms with Crippen LogP contribution in [0, 0.1) is 0 Å². The largest absolute Gasteiger partial charge is 0.364 e. The number of rotatable bonds is 7. The highest BCUT2D eigenvalue weighted by Crippen LogP contribution is 2.24. The van der Waals surface area contributed by atoms with Crippen molar-refractivity contribution >= 4 is 0 Å². The summed E-state index contributed by atoms with van der Waals surface area (Å²) < 4.78 is 5.27. The minimum absolute atomic E-state index is 0.186. The standard InChI is InChI=1S/C14H26O2/c1-3-4-5-6-7-8-9-10-13-11-12(2)16-14(13)15/h10,12,14-15H,3-9,11H2,1-2H3/b13-10-. The lowest BCUT2D eigenvalue weighted by Crippen LogP contribution is -2.07. The van der Waals surface area contributed by atoms with Gasteiger partial charge < -0.3 is 9.84 Å². The van der Waals surface area contributed by atoms with Crippen LogP contribution in [-0.2, 0) is 4.74 Å². The van der Waals surface area contributed by atoms with Crippen molar-refractivity contribution in [3.05, 3.63) is 11.6 Å². The predicted molar refractivity (Wildman–Crippen MR) is 67.2 cm³/mol. The summed E-state index contributed by atoms with van der Waals surface area (Å²) in [4.78, 5) is 0. The van der Waals surface area contributed by atoms with Gasteiger partial charge in [0.15, 0.2) is 6.29 Å². The molecule has 94 valence electrons. The quantitative estimate of drug-likeness (QED) is 0.528. The van der Waals surface area contributed by atoms with E-state index in [1.54, 1.807) is 0 Å². The number of aliphatic hydroxyl groups excluding tert-OH is 1. The van der Waals surface area contributed by atoms with E-state index in [1.165, 1.54) is 38.5 Å². The summed E-state index contributed by atoms with van der Waals surface area (Å²) in [6.07, 6.45) is 11.7. The fourth-order valence-corrected chi connectivity index (χ4v) is 2.18. The number of aliphatic hydroxyl groups is 1. The van der Waals surface area contributed by atoms with Gasteiger partial charge in [0.1, 0.15) is 0 Å². The van der Waals surface area contributed by atoms with Gasteiger partial charge in [-0.15, -0.1) is 0 Å². The molecule has 16 heavy (non-hydrogen) atoms. The molecule has 1 fully saturated rings. The molecule has 1 aliphatic rings. The molecular formula is C14H26O2. The van der Waals surface area contributed by atoms with E-state index in [0.29, 0.717) is 0 Å². The van der Waals surface area contributed by atoms with Crippen LogP contribution in [0.15, 0.2) is 11.6 Å². The van der Waals surface area contributed by atoms with Gasteiger partial charge in [0.05, 0.1) is 6.10 Å². The minimum Gasteiger partial charge on any atom is -0.364 e. The molecule has 1 N–H and O–H groups in total. The second-order valence-electron chi connectivity index (χ2n) is 4.84.